The van der Waals surface area contributed by atoms with Crippen molar-refractivity contribution in [3.05, 3.63) is 59.0 Å². The van der Waals surface area contributed by atoms with E-state index < -0.39 is 17.3 Å². The molecule has 1 aliphatic rings. The topological polar surface area (TPSA) is 60.3 Å². The van der Waals surface area contributed by atoms with E-state index in [2.05, 4.69) is 4.98 Å². The average Bonchev–Trinajstić information content (AvgIpc) is 2.96. The Bertz CT molecular complexity index is 1140. The van der Waals surface area contributed by atoms with Crippen LogP contribution in [0.5, 0.6) is 0 Å². The molecule has 0 radical (unpaired) electrons. The van der Waals surface area contributed by atoms with Gasteiger partial charge in [0.15, 0.2) is 0 Å². The van der Waals surface area contributed by atoms with E-state index in [0.717, 1.165) is 34.4 Å². The van der Waals surface area contributed by atoms with Crippen LogP contribution in [0.15, 0.2) is 36.5 Å². The number of carbonyl (C=O) groups excluding carboxylic acids is 1. The molecule has 0 bridgehead atoms. The fourth-order valence-corrected chi connectivity index (χ4v) is 3.72. The van der Waals surface area contributed by atoms with E-state index in [9.17, 15) is 18.0 Å². The second kappa shape index (κ2) is 7.79. The van der Waals surface area contributed by atoms with Gasteiger partial charge in [0, 0.05) is 30.1 Å². The summed E-state index contributed by atoms with van der Waals surface area (Å²) in [5.41, 5.74) is 1.98. The van der Waals surface area contributed by atoms with Crippen LogP contribution in [-0.2, 0) is 17.5 Å². The molecule has 2 aromatic heterocycles. The van der Waals surface area contributed by atoms with E-state index >= 15 is 0 Å². The number of rotatable bonds is 3. The van der Waals surface area contributed by atoms with Gasteiger partial charge in [-0.2, -0.15) is 18.3 Å². The first kappa shape index (κ1) is 22.1. The van der Waals surface area contributed by atoms with Gasteiger partial charge in [-0.05, 0) is 51.5 Å². The fourth-order valence-electron chi connectivity index (χ4n) is 3.72. The molecule has 0 saturated carbocycles. The van der Waals surface area contributed by atoms with Crippen molar-refractivity contribution in [1.82, 2.24) is 19.7 Å². The van der Waals surface area contributed by atoms with Crippen LogP contribution in [0.1, 0.15) is 49.2 Å². The molecule has 1 fully saturated rings. The van der Waals surface area contributed by atoms with Gasteiger partial charge in [0.05, 0.1) is 29.5 Å². The predicted molar refractivity (Wildman–Crippen MR) is 113 cm³/mol. The monoisotopic (exact) mass is 446 g/mol. The van der Waals surface area contributed by atoms with E-state index in [4.69, 9.17) is 9.84 Å². The Kier molecular flexibility index (Phi) is 5.38. The first-order valence-electron chi connectivity index (χ1n) is 10.4. The molecule has 32 heavy (non-hydrogen) atoms. The number of hydrogen-bond acceptors (Lipinski definition) is 4. The van der Waals surface area contributed by atoms with Gasteiger partial charge < -0.3 is 9.64 Å². The molecule has 3 heterocycles. The zero-order chi connectivity index (χ0) is 23.3. The molecular weight excluding hydrogens is 421 g/mol. The van der Waals surface area contributed by atoms with Crippen molar-refractivity contribution in [2.24, 2.45) is 0 Å². The number of benzene rings is 1. The quantitative estimate of drug-likeness (QED) is 0.559. The normalized spacial score (nSPS) is 15.2. The van der Waals surface area contributed by atoms with E-state index in [0.29, 0.717) is 25.2 Å². The van der Waals surface area contributed by atoms with Crippen LogP contribution in [0.4, 0.5) is 18.0 Å². The third kappa shape index (κ3) is 4.56. The minimum Gasteiger partial charge on any atom is -0.444 e. The number of aromatic nitrogens is 3. The lowest BCUT2D eigenvalue weighted by Gasteiger charge is -2.39. The number of aryl methyl sites for hydroxylation is 1. The van der Waals surface area contributed by atoms with Crippen LogP contribution in [0.3, 0.4) is 0 Å². The van der Waals surface area contributed by atoms with E-state index in [-0.39, 0.29) is 12.0 Å². The lowest BCUT2D eigenvalue weighted by molar-refractivity contribution is -0.137. The molecule has 9 heteroatoms. The highest BCUT2D eigenvalue weighted by atomic mass is 19.4. The van der Waals surface area contributed by atoms with E-state index in [1.807, 2.05) is 33.8 Å². The number of hydrogen-bond donors (Lipinski definition) is 0. The minimum absolute atomic E-state index is 0.0562. The Morgan fingerprint density at radius 3 is 2.41 bits per heavy atom. The number of carbonyl (C=O) groups is 1. The average molecular weight is 446 g/mol. The molecule has 0 N–H and O–H groups in total. The zero-order valence-corrected chi connectivity index (χ0v) is 18.4. The fraction of sp³-hybridized carbons (Fsp3) is 0.435. The smallest absolute Gasteiger partial charge is 0.416 e. The molecule has 3 aromatic rings. The zero-order valence-electron chi connectivity index (χ0n) is 18.4. The van der Waals surface area contributed by atoms with Crippen molar-refractivity contribution < 1.29 is 22.7 Å². The van der Waals surface area contributed by atoms with Gasteiger partial charge in [0.1, 0.15) is 5.60 Å². The number of nitrogens with zero attached hydrogens (tertiary/aromatic N) is 4. The van der Waals surface area contributed by atoms with Crippen molar-refractivity contribution in [1.29, 1.82) is 0 Å². The maximum atomic E-state index is 12.8. The summed E-state index contributed by atoms with van der Waals surface area (Å²) >= 11 is 0. The van der Waals surface area contributed by atoms with Crippen LogP contribution < -0.4 is 0 Å². The van der Waals surface area contributed by atoms with Crippen molar-refractivity contribution in [3.63, 3.8) is 0 Å². The summed E-state index contributed by atoms with van der Waals surface area (Å²) in [6.07, 6.45) is -2.98. The van der Waals surface area contributed by atoms with Crippen LogP contribution in [0, 0.1) is 6.92 Å². The maximum Gasteiger partial charge on any atom is 0.416 e. The molecule has 0 unspecified atom stereocenters. The van der Waals surface area contributed by atoms with Crippen molar-refractivity contribution in [2.45, 2.75) is 51.9 Å². The second-order valence-corrected chi connectivity index (χ2v) is 9.16. The molecule has 1 aromatic carbocycles. The van der Waals surface area contributed by atoms with Gasteiger partial charge in [-0.25, -0.2) is 4.79 Å². The summed E-state index contributed by atoms with van der Waals surface area (Å²) in [5, 5.41) is 5.71. The molecule has 6 nitrogen and oxygen atoms in total. The van der Waals surface area contributed by atoms with E-state index in [1.165, 1.54) is 12.1 Å². The number of likely N-dealkylation sites (tertiary alicyclic amines) is 1. The summed E-state index contributed by atoms with van der Waals surface area (Å²) in [7, 11) is 0. The molecule has 4 rings (SSSR count). The third-order valence-electron chi connectivity index (χ3n) is 5.34. The molecule has 1 amide bonds. The van der Waals surface area contributed by atoms with Crippen molar-refractivity contribution >= 4 is 17.0 Å². The highest BCUT2D eigenvalue weighted by Crippen LogP contribution is 2.33. The summed E-state index contributed by atoms with van der Waals surface area (Å²) in [5.74, 6) is 0.0562. The number of ether oxygens (including phenoxy) is 1. The molecule has 170 valence electrons. The Morgan fingerprint density at radius 1 is 1.16 bits per heavy atom. The molecule has 1 aliphatic heterocycles. The Labute approximate surface area is 184 Å². The number of alkyl halides is 3. The molecule has 0 atom stereocenters. The molecule has 0 spiro atoms. The van der Waals surface area contributed by atoms with Gasteiger partial charge in [-0.15, -0.1) is 0 Å². The van der Waals surface area contributed by atoms with Crippen LogP contribution >= 0.6 is 0 Å². The Balaban J connectivity index is 1.57. The third-order valence-corrected chi connectivity index (χ3v) is 5.34. The minimum atomic E-state index is -4.37. The Morgan fingerprint density at radius 2 is 1.81 bits per heavy atom. The highest BCUT2D eigenvalue weighted by molar-refractivity contribution is 5.83. The Hall–Kier alpha value is -3.10. The largest absolute Gasteiger partial charge is 0.444 e. The number of halogens is 3. The molecule has 0 aliphatic carbocycles. The lowest BCUT2D eigenvalue weighted by Crippen LogP contribution is -2.50. The summed E-state index contributed by atoms with van der Waals surface area (Å²) < 4.78 is 45.7. The lowest BCUT2D eigenvalue weighted by atomic mass is 9.94. The molecular formula is C23H25F3N4O2. The van der Waals surface area contributed by atoms with Crippen molar-refractivity contribution in [3.8, 4) is 0 Å². The van der Waals surface area contributed by atoms with E-state index in [1.54, 1.807) is 15.8 Å². The van der Waals surface area contributed by atoms with Gasteiger partial charge in [-0.3, -0.25) is 9.67 Å². The highest BCUT2D eigenvalue weighted by Gasteiger charge is 2.37. The van der Waals surface area contributed by atoms with Crippen LogP contribution in [0.2, 0.25) is 0 Å². The summed E-state index contributed by atoms with van der Waals surface area (Å²) in [6, 6.07) is 7.04. The first-order valence-corrected chi connectivity index (χ1v) is 10.4. The van der Waals surface area contributed by atoms with Gasteiger partial charge in [0.25, 0.3) is 0 Å². The second-order valence-electron chi connectivity index (χ2n) is 9.16. The van der Waals surface area contributed by atoms with Gasteiger partial charge >= 0.3 is 12.3 Å². The van der Waals surface area contributed by atoms with Crippen LogP contribution in [-0.4, -0.2) is 44.4 Å². The van der Waals surface area contributed by atoms with Gasteiger partial charge in [-0.1, -0.05) is 12.1 Å². The SMILES string of the molecule is Cc1cc2c(C3CN(C(=O)OC(C)(C)C)C3)nn(Cc3ccc(C(F)(F)F)cc3)c2cn1. The number of fused-ring (bicyclic) bond motifs is 1. The summed E-state index contributed by atoms with van der Waals surface area (Å²) in [4.78, 5) is 18.3. The number of amides is 1. The maximum absolute atomic E-state index is 12.8. The molecule has 1 saturated heterocycles. The number of pyridine rings is 1. The summed E-state index contributed by atoms with van der Waals surface area (Å²) in [6.45, 7) is 8.70. The van der Waals surface area contributed by atoms with Gasteiger partial charge in [0.2, 0.25) is 0 Å². The first-order chi connectivity index (χ1) is 14.9. The van der Waals surface area contributed by atoms with Crippen LogP contribution in [0.25, 0.3) is 10.9 Å². The van der Waals surface area contributed by atoms with Crippen molar-refractivity contribution in [2.75, 3.05) is 13.1 Å². The predicted octanol–water partition coefficient (Wildman–Crippen LogP) is 5.14. The standard InChI is InChI=1S/C23H25F3N4O2/c1-14-9-18-19(10-27-14)30(11-15-5-7-17(8-6-15)23(24,25)26)28-20(18)16-12-29(13-16)21(31)32-22(2,3)4/h5-10,16H,11-13H2,1-4H3.